The van der Waals surface area contributed by atoms with Crippen LogP contribution < -0.4 is 10.6 Å². The Kier molecular flexibility index (Phi) is 4.11. The number of anilines is 1. The van der Waals surface area contributed by atoms with E-state index in [1.807, 2.05) is 0 Å². The second-order valence-electron chi connectivity index (χ2n) is 5.28. The number of hydrogen-bond acceptors (Lipinski definition) is 2. The fourth-order valence-corrected chi connectivity index (χ4v) is 3.04. The van der Waals surface area contributed by atoms with E-state index in [1.165, 1.54) is 12.1 Å². The molecule has 0 radical (unpaired) electrons. The molecule has 1 fully saturated rings. The molecule has 1 aromatic carbocycles. The Bertz CT molecular complexity index is 494. The molecule has 1 amide bonds. The summed E-state index contributed by atoms with van der Waals surface area (Å²) in [7, 11) is 0. The first-order chi connectivity index (χ1) is 8.65. The number of carbonyl (C=O) groups excluding carboxylic acids is 1. The Morgan fingerprint density at radius 2 is 2.16 bits per heavy atom. The van der Waals surface area contributed by atoms with Crippen molar-refractivity contribution in [1.82, 2.24) is 0 Å². The molecule has 2 unspecified atom stereocenters. The first-order valence-corrected chi connectivity index (χ1v) is 6.50. The summed E-state index contributed by atoms with van der Waals surface area (Å²) in [5.41, 5.74) is 7.66. The maximum atomic E-state index is 13.3. The number of halogens is 2. The maximum absolute atomic E-state index is 13.3. The first kappa shape index (κ1) is 14.3. The number of hydrogen-bond donors (Lipinski definition) is 1. The lowest BCUT2D eigenvalue weighted by molar-refractivity contribution is -0.122. The highest BCUT2D eigenvalue weighted by molar-refractivity contribution is 5.97. The fourth-order valence-electron chi connectivity index (χ4n) is 3.04. The van der Waals surface area contributed by atoms with Crippen LogP contribution in [0.3, 0.4) is 0 Å². The normalized spacial score (nSPS) is 25.1. The van der Waals surface area contributed by atoms with Gasteiger partial charge in [0.15, 0.2) is 0 Å². The van der Waals surface area contributed by atoms with Gasteiger partial charge in [-0.05, 0) is 43.4 Å². The second kappa shape index (κ2) is 5.47. The van der Waals surface area contributed by atoms with E-state index in [2.05, 4.69) is 0 Å². The standard InChI is InChI=1S/C14H17FN2O.ClH/c15-11-3-1-9-5-6-17(13(9)8-11)14(18)10-2-4-12(16)7-10;/h1,3,8,10,12H,2,4-7,16H2;1H. The number of amides is 1. The Morgan fingerprint density at radius 3 is 2.84 bits per heavy atom. The number of rotatable bonds is 1. The zero-order valence-electron chi connectivity index (χ0n) is 10.6. The van der Waals surface area contributed by atoms with Crippen molar-refractivity contribution in [3.05, 3.63) is 29.6 Å². The first-order valence-electron chi connectivity index (χ1n) is 6.50. The Hall–Kier alpha value is -1.13. The lowest BCUT2D eigenvalue weighted by Crippen LogP contribution is -2.34. The van der Waals surface area contributed by atoms with Crippen LogP contribution in [0.15, 0.2) is 18.2 Å². The van der Waals surface area contributed by atoms with E-state index in [0.29, 0.717) is 6.54 Å². The Labute approximate surface area is 118 Å². The molecule has 0 aromatic heterocycles. The molecule has 1 aliphatic heterocycles. The third-order valence-electron chi connectivity index (χ3n) is 4.03. The lowest BCUT2D eigenvalue weighted by Gasteiger charge is -2.21. The number of nitrogens with two attached hydrogens (primary N) is 1. The highest BCUT2D eigenvalue weighted by Crippen LogP contribution is 2.33. The SMILES string of the molecule is Cl.NC1CCC(C(=O)N2CCc3ccc(F)cc32)C1. The molecule has 1 saturated carbocycles. The molecule has 1 aromatic rings. The molecular weight excluding hydrogens is 267 g/mol. The molecule has 104 valence electrons. The van der Waals surface area contributed by atoms with Gasteiger partial charge in [0.1, 0.15) is 5.82 Å². The van der Waals surface area contributed by atoms with Gasteiger partial charge in [-0.25, -0.2) is 4.39 Å². The van der Waals surface area contributed by atoms with Gasteiger partial charge >= 0.3 is 0 Å². The van der Waals surface area contributed by atoms with E-state index in [4.69, 9.17) is 5.73 Å². The van der Waals surface area contributed by atoms with Gasteiger partial charge in [0.2, 0.25) is 5.91 Å². The average Bonchev–Trinajstić information content (AvgIpc) is 2.94. The highest BCUT2D eigenvalue weighted by atomic mass is 35.5. The Balaban J connectivity index is 0.00000133. The van der Waals surface area contributed by atoms with Crippen LogP contribution in [-0.4, -0.2) is 18.5 Å². The lowest BCUT2D eigenvalue weighted by atomic mass is 10.1. The second-order valence-corrected chi connectivity index (χ2v) is 5.28. The predicted octanol–water partition coefficient (Wildman–Crippen LogP) is 2.26. The molecule has 2 atom stereocenters. The van der Waals surface area contributed by atoms with E-state index in [1.54, 1.807) is 11.0 Å². The van der Waals surface area contributed by atoms with E-state index < -0.39 is 0 Å². The highest BCUT2D eigenvalue weighted by Gasteiger charge is 2.34. The molecule has 0 saturated heterocycles. The van der Waals surface area contributed by atoms with Crippen LogP contribution in [0, 0.1) is 11.7 Å². The topological polar surface area (TPSA) is 46.3 Å². The smallest absolute Gasteiger partial charge is 0.230 e. The number of benzene rings is 1. The van der Waals surface area contributed by atoms with Gasteiger partial charge < -0.3 is 10.6 Å². The van der Waals surface area contributed by atoms with Crippen molar-refractivity contribution in [2.75, 3.05) is 11.4 Å². The average molecular weight is 285 g/mol. The molecule has 2 aliphatic rings. The summed E-state index contributed by atoms with van der Waals surface area (Å²) in [4.78, 5) is 14.2. The summed E-state index contributed by atoms with van der Waals surface area (Å²) in [6.07, 6.45) is 3.36. The van der Waals surface area contributed by atoms with Crippen LogP contribution in [0.25, 0.3) is 0 Å². The maximum Gasteiger partial charge on any atom is 0.230 e. The quantitative estimate of drug-likeness (QED) is 0.860. The third kappa shape index (κ3) is 2.60. The molecule has 1 heterocycles. The molecule has 0 bridgehead atoms. The van der Waals surface area contributed by atoms with Crippen LogP contribution in [0.1, 0.15) is 24.8 Å². The fraction of sp³-hybridized carbons (Fsp3) is 0.500. The number of fused-ring (bicyclic) bond motifs is 1. The molecule has 1 aliphatic carbocycles. The summed E-state index contributed by atoms with van der Waals surface area (Å²) >= 11 is 0. The molecular formula is C14H18ClFN2O. The zero-order chi connectivity index (χ0) is 12.7. The molecule has 5 heteroatoms. The van der Waals surface area contributed by atoms with Crippen molar-refractivity contribution >= 4 is 24.0 Å². The predicted molar refractivity (Wildman–Crippen MR) is 75.0 cm³/mol. The monoisotopic (exact) mass is 284 g/mol. The molecule has 0 spiro atoms. The van der Waals surface area contributed by atoms with Gasteiger partial charge in [0.25, 0.3) is 0 Å². The van der Waals surface area contributed by atoms with Crippen molar-refractivity contribution < 1.29 is 9.18 Å². The van der Waals surface area contributed by atoms with Crippen LogP contribution in [0.5, 0.6) is 0 Å². The largest absolute Gasteiger partial charge is 0.328 e. The van der Waals surface area contributed by atoms with Crippen LogP contribution >= 0.6 is 12.4 Å². The van der Waals surface area contributed by atoms with Gasteiger partial charge in [-0.15, -0.1) is 12.4 Å². The summed E-state index contributed by atoms with van der Waals surface area (Å²) in [6.45, 7) is 0.670. The Morgan fingerprint density at radius 1 is 1.37 bits per heavy atom. The minimum atomic E-state index is -0.281. The summed E-state index contributed by atoms with van der Waals surface area (Å²) in [6, 6.07) is 4.85. The van der Waals surface area contributed by atoms with Gasteiger partial charge in [-0.3, -0.25) is 4.79 Å². The van der Waals surface area contributed by atoms with E-state index >= 15 is 0 Å². The van der Waals surface area contributed by atoms with Crippen molar-refractivity contribution in [3.8, 4) is 0 Å². The summed E-state index contributed by atoms with van der Waals surface area (Å²) in [5, 5.41) is 0. The minimum Gasteiger partial charge on any atom is -0.328 e. The molecule has 19 heavy (non-hydrogen) atoms. The third-order valence-corrected chi connectivity index (χ3v) is 4.03. The number of carbonyl (C=O) groups is 1. The summed E-state index contributed by atoms with van der Waals surface area (Å²) < 4.78 is 13.3. The van der Waals surface area contributed by atoms with Crippen molar-refractivity contribution in [2.45, 2.75) is 31.7 Å². The van der Waals surface area contributed by atoms with Crippen LogP contribution in [0.2, 0.25) is 0 Å². The van der Waals surface area contributed by atoms with E-state index in [0.717, 1.165) is 36.9 Å². The number of nitrogens with zero attached hydrogens (tertiary/aromatic N) is 1. The van der Waals surface area contributed by atoms with Crippen LogP contribution in [-0.2, 0) is 11.2 Å². The van der Waals surface area contributed by atoms with Crippen LogP contribution in [0.4, 0.5) is 10.1 Å². The van der Waals surface area contributed by atoms with E-state index in [-0.39, 0.29) is 36.1 Å². The molecule has 3 nitrogen and oxygen atoms in total. The van der Waals surface area contributed by atoms with Gasteiger partial charge in [-0.1, -0.05) is 6.07 Å². The van der Waals surface area contributed by atoms with Crippen molar-refractivity contribution in [2.24, 2.45) is 11.7 Å². The minimum absolute atomic E-state index is 0. The van der Waals surface area contributed by atoms with Crippen molar-refractivity contribution in [3.63, 3.8) is 0 Å². The molecule has 2 N–H and O–H groups in total. The zero-order valence-corrected chi connectivity index (χ0v) is 11.5. The summed E-state index contributed by atoms with van der Waals surface area (Å²) in [5.74, 6) is -0.141. The van der Waals surface area contributed by atoms with Gasteiger partial charge in [0.05, 0.1) is 0 Å². The van der Waals surface area contributed by atoms with Crippen molar-refractivity contribution in [1.29, 1.82) is 0 Å². The van der Waals surface area contributed by atoms with Gasteiger partial charge in [0, 0.05) is 24.2 Å². The van der Waals surface area contributed by atoms with E-state index in [9.17, 15) is 9.18 Å². The molecule has 3 rings (SSSR count). The van der Waals surface area contributed by atoms with Gasteiger partial charge in [-0.2, -0.15) is 0 Å².